The van der Waals surface area contributed by atoms with Crippen LogP contribution in [0.1, 0.15) is 17.7 Å². The van der Waals surface area contributed by atoms with Gasteiger partial charge in [0.05, 0.1) is 18.7 Å². The molecule has 94 valence electrons. The van der Waals surface area contributed by atoms with Gasteiger partial charge in [0.2, 0.25) is 0 Å². The first kappa shape index (κ1) is 12.5. The third-order valence-electron chi connectivity index (χ3n) is 2.99. The summed E-state index contributed by atoms with van der Waals surface area (Å²) in [6, 6.07) is -0.546. The van der Waals surface area contributed by atoms with Crippen molar-refractivity contribution < 1.29 is 14.6 Å². The number of carbonyl (C=O) groups excluding carboxylic acids is 1. The minimum atomic E-state index is -0.635. The van der Waals surface area contributed by atoms with Crippen molar-refractivity contribution in [3.63, 3.8) is 0 Å². The monoisotopic (exact) mass is 256 g/mol. The zero-order valence-corrected chi connectivity index (χ0v) is 10.5. The summed E-state index contributed by atoms with van der Waals surface area (Å²) in [5.41, 5.74) is 1.77. The van der Waals surface area contributed by atoms with E-state index in [0.717, 1.165) is 17.8 Å². The van der Waals surface area contributed by atoms with Crippen molar-refractivity contribution in [1.29, 1.82) is 0 Å². The maximum absolute atomic E-state index is 11.7. The van der Waals surface area contributed by atoms with Gasteiger partial charge >= 0.3 is 5.97 Å². The molecule has 17 heavy (non-hydrogen) atoms. The second-order valence-corrected chi connectivity index (χ2v) is 5.09. The van der Waals surface area contributed by atoms with Crippen molar-refractivity contribution in [1.82, 2.24) is 9.88 Å². The molecule has 0 spiro atoms. The van der Waals surface area contributed by atoms with Crippen LogP contribution in [-0.4, -0.2) is 46.8 Å². The van der Waals surface area contributed by atoms with Crippen molar-refractivity contribution in [2.24, 2.45) is 0 Å². The van der Waals surface area contributed by atoms with Crippen molar-refractivity contribution in [2.75, 3.05) is 13.7 Å². The summed E-state index contributed by atoms with van der Waals surface area (Å²) in [5, 5.41) is 9.91. The molecular weight excluding hydrogens is 240 g/mol. The number of aliphatic hydroxyl groups is 1. The number of esters is 1. The van der Waals surface area contributed by atoms with E-state index in [4.69, 9.17) is 4.74 Å². The fraction of sp³-hybridized carbons (Fsp3) is 0.636. The van der Waals surface area contributed by atoms with Crippen LogP contribution in [0.25, 0.3) is 0 Å². The van der Waals surface area contributed by atoms with E-state index in [9.17, 15) is 9.90 Å². The van der Waals surface area contributed by atoms with E-state index in [0.29, 0.717) is 13.0 Å². The Hall–Kier alpha value is -0.980. The number of thiazole rings is 1. The van der Waals surface area contributed by atoms with Gasteiger partial charge in [-0.1, -0.05) is 0 Å². The Balaban J connectivity index is 2.09. The molecule has 2 heterocycles. The molecule has 1 aromatic heterocycles. The van der Waals surface area contributed by atoms with E-state index in [1.165, 1.54) is 7.11 Å². The number of hydrogen-bond acceptors (Lipinski definition) is 6. The number of rotatable bonds is 3. The molecule has 0 bridgehead atoms. The summed E-state index contributed by atoms with van der Waals surface area (Å²) in [6.45, 7) is 1.44. The first-order valence-corrected chi connectivity index (χ1v) is 6.47. The van der Waals surface area contributed by atoms with Crippen LogP contribution in [0.3, 0.4) is 0 Å². The Kier molecular flexibility index (Phi) is 4.09. The number of carbonyl (C=O) groups is 1. The minimum Gasteiger partial charge on any atom is -0.468 e. The van der Waals surface area contributed by atoms with E-state index in [-0.39, 0.29) is 5.97 Å². The molecule has 0 radical (unpaired) electrons. The largest absolute Gasteiger partial charge is 0.468 e. The first-order chi connectivity index (χ1) is 8.22. The summed E-state index contributed by atoms with van der Waals surface area (Å²) in [6.07, 6.45) is 2.70. The third kappa shape index (κ3) is 2.83. The average molecular weight is 256 g/mol. The molecule has 2 rings (SSSR count). The average Bonchev–Trinajstić information content (AvgIpc) is 2.81. The van der Waals surface area contributed by atoms with Gasteiger partial charge in [-0.2, -0.15) is 0 Å². The highest BCUT2D eigenvalue weighted by molar-refractivity contribution is 7.09. The van der Waals surface area contributed by atoms with E-state index in [2.05, 4.69) is 4.98 Å². The highest BCUT2D eigenvalue weighted by atomic mass is 32.1. The van der Waals surface area contributed by atoms with Crippen LogP contribution >= 0.6 is 11.3 Å². The number of ether oxygens (including phenoxy) is 1. The fourth-order valence-electron chi connectivity index (χ4n) is 2.17. The molecule has 1 fully saturated rings. The smallest absolute Gasteiger partial charge is 0.325 e. The lowest BCUT2D eigenvalue weighted by molar-refractivity contribution is -0.154. The van der Waals surface area contributed by atoms with Gasteiger partial charge in [0.25, 0.3) is 0 Å². The van der Waals surface area contributed by atoms with Gasteiger partial charge in [0.15, 0.2) is 0 Å². The summed E-state index contributed by atoms with van der Waals surface area (Å²) >= 11 is 1.55. The topological polar surface area (TPSA) is 62.7 Å². The highest BCUT2D eigenvalue weighted by Crippen LogP contribution is 2.22. The van der Waals surface area contributed by atoms with Crippen LogP contribution in [-0.2, 0) is 16.1 Å². The molecule has 1 saturated heterocycles. The zero-order valence-electron chi connectivity index (χ0n) is 9.70. The quantitative estimate of drug-likeness (QED) is 0.804. The normalized spacial score (nSPS) is 25.8. The number of hydrogen-bond donors (Lipinski definition) is 1. The molecule has 0 aliphatic carbocycles. The van der Waals surface area contributed by atoms with Crippen molar-refractivity contribution in [3.05, 3.63) is 16.6 Å². The number of aliphatic hydroxyl groups excluding tert-OH is 1. The van der Waals surface area contributed by atoms with Gasteiger partial charge in [-0.05, 0) is 19.4 Å². The van der Waals surface area contributed by atoms with Crippen LogP contribution in [0.5, 0.6) is 0 Å². The predicted molar refractivity (Wildman–Crippen MR) is 63.6 cm³/mol. The fourth-order valence-corrected chi connectivity index (χ4v) is 2.79. The summed E-state index contributed by atoms with van der Waals surface area (Å²) in [7, 11) is 1.36. The Morgan fingerprint density at radius 3 is 3.24 bits per heavy atom. The summed E-state index contributed by atoms with van der Waals surface area (Å²) in [5.74, 6) is -0.360. The van der Waals surface area contributed by atoms with Gasteiger partial charge in [-0.15, -0.1) is 11.3 Å². The molecule has 1 aromatic rings. The molecule has 1 aliphatic rings. The van der Waals surface area contributed by atoms with Crippen LogP contribution < -0.4 is 0 Å². The Morgan fingerprint density at radius 2 is 2.59 bits per heavy atom. The van der Waals surface area contributed by atoms with Gasteiger partial charge in [-0.3, -0.25) is 14.7 Å². The molecule has 0 amide bonds. The second-order valence-electron chi connectivity index (χ2n) is 4.12. The van der Waals surface area contributed by atoms with Crippen molar-refractivity contribution in [3.8, 4) is 0 Å². The van der Waals surface area contributed by atoms with Crippen molar-refractivity contribution >= 4 is 17.3 Å². The van der Waals surface area contributed by atoms with Crippen LogP contribution in [0.15, 0.2) is 11.7 Å². The van der Waals surface area contributed by atoms with Gasteiger partial charge in [0.1, 0.15) is 6.04 Å². The van der Waals surface area contributed by atoms with Gasteiger partial charge in [0, 0.05) is 17.6 Å². The summed E-state index contributed by atoms with van der Waals surface area (Å²) in [4.78, 5) is 18.7. The molecule has 5 nitrogen and oxygen atoms in total. The zero-order chi connectivity index (χ0) is 12.3. The second kappa shape index (κ2) is 5.57. The third-order valence-corrected chi connectivity index (χ3v) is 3.75. The number of nitrogens with zero attached hydrogens (tertiary/aromatic N) is 2. The van der Waals surface area contributed by atoms with Crippen molar-refractivity contribution in [2.45, 2.75) is 31.5 Å². The Bertz CT molecular complexity index is 369. The maximum Gasteiger partial charge on any atom is 0.325 e. The number of piperidine rings is 1. The lowest BCUT2D eigenvalue weighted by atomic mass is 9.99. The lowest BCUT2D eigenvalue weighted by Gasteiger charge is -2.36. The van der Waals surface area contributed by atoms with E-state index in [1.807, 2.05) is 4.90 Å². The SMILES string of the molecule is COC(=O)C1C(O)CCCN1Cc1cncs1. The molecule has 2 atom stereocenters. The van der Waals surface area contributed by atoms with Crippen LogP contribution in [0, 0.1) is 0 Å². The van der Waals surface area contributed by atoms with Gasteiger partial charge < -0.3 is 9.84 Å². The van der Waals surface area contributed by atoms with Gasteiger partial charge in [-0.25, -0.2) is 0 Å². The molecule has 6 heteroatoms. The van der Waals surface area contributed by atoms with Crippen LogP contribution in [0.2, 0.25) is 0 Å². The van der Waals surface area contributed by atoms with E-state index in [1.54, 1.807) is 23.0 Å². The Morgan fingerprint density at radius 1 is 1.76 bits per heavy atom. The highest BCUT2D eigenvalue weighted by Gasteiger charge is 2.36. The lowest BCUT2D eigenvalue weighted by Crippen LogP contribution is -2.52. The predicted octanol–water partition coefficient (Wildman–Crippen LogP) is 0.641. The minimum absolute atomic E-state index is 0.360. The number of aromatic nitrogens is 1. The maximum atomic E-state index is 11.7. The number of likely N-dealkylation sites (tertiary alicyclic amines) is 1. The summed E-state index contributed by atoms with van der Waals surface area (Å²) < 4.78 is 4.76. The number of methoxy groups -OCH3 is 1. The molecule has 1 aliphatic heterocycles. The molecular formula is C11H16N2O3S. The molecule has 0 aromatic carbocycles. The molecule has 0 saturated carbocycles. The van der Waals surface area contributed by atoms with Crippen LogP contribution in [0.4, 0.5) is 0 Å². The standard InChI is InChI=1S/C11H16N2O3S/c1-16-11(15)10-9(14)3-2-4-13(10)6-8-5-12-7-17-8/h5,7,9-10,14H,2-4,6H2,1H3. The van der Waals surface area contributed by atoms with E-state index >= 15 is 0 Å². The molecule has 1 N–H and O–H groups in total. The van der Waals surface area contributed by atoms with E-state index < -0.39 is 12.1 Å². The first-order valence-electron chi connectivity index (χ1n) is 5.59. The Labute approximate surface area is 104 Å². The molecule has 2 unspecified atom stereocenters.